The molecule has 1 aliphatic rings. The van der Waals surface area contributed by atoms with Crippen molar-refractivity contribution in [3.63, 3.8) is 0 Å². The van der Waals surface area contributed by atoms with E-state index in [0.717, 1.165) is 23.7 Å². The Morgan fingerprint density at radius 3 is 2.14 bits per heavy atom. The highest BCUT2D eigenvalue weighted by atomic mass is 14.6. The second kappa shape index (κ2) is 4.24. The molecule has 1 rings (SSSR count). The Balaban J connectivity index is 2.51. The summed E-state index contributed by atoms with van der Waals surface area (Å²) in [7, 11) is 0. The zero-order valence-electron chi connectivity index (χ0n) is 10.9. The van der Waals surface area contributed by atoms with Crippen LogP contribution in [0.1, 0.15) is 60.8 Å². The van der Waals surface area contributed by atoms with Gasteiger partial charge in [-0.1, -0.05) is 60.8 Å². The number of hydrogen-bond acceptors (Lipinski definition) is 0. The summed E-state index contributed by atoms with van der Waals surface area (Å²) in [5.41, 5.74) is 0.668. The highest BCUT2D eigenvalue weighted by molar-refractivity contribution is 5.06. The summed E-state index contributed by atoms with van der Waals surface area (Å²) in [5, 5.41) is 0. The predicted molar refractivity (Wildman–Crippen MR) is 64.3 cm³/mol. The molecule has 0 N–H and O–H groups in total. The van der Waals surface area contributed by atoms with Gasteiger partial charge in [0.25, 0.3) is 0 Å². The van der Waals surface area contributed by atoms with E-state index in [2.05, 4.69) is 41.5 Å². The van der Waals surface area contributed by atoms with E-state index in [-0.39, 0.29) is 0 Å². The lowest BCUT2D eigenvalue weighted by Gasteiger charge is -2.21. The van der Waals surface area contributed by atoms with Crippen molar-refractivity contribution in [1.82, 2.24) is 0 Å². The third-order valence-electron chi connectivity index (χ3n) is 5.20. The van der Waals surface area contributed by atoms with Crippen molar-refractivity contribution in [1.29, 1.82) is 0 Å². The van der Waals surface area contributed by atoms with Gasteiger partial charge >= 0.3 is 0 Å². The molecule has 0 heterocycles. The second-order valence-corrected chi connectivity index (χ2v) is 5.80. The first-order valence-electron chi connectivity index (χ1n) is 6.49. The molecular formula is C14H28. The Labute approximate surface area is 90.5 Å². The van der Waals surface area contributed by atoms with E-state index < -0.39 is 0 Å². The van der Waals surface area contributed by atoms with Crippen LogP contribution in [0, 0.1) is 29.1 Å². The lowest BCUT2D eigenvalue weighted by Crippen LogP contribution is -2.13. The summed E-state index contributed by atoms with van der Waals surface area (Å²) in [5.74, 6) is 3.80. The van der Waals surface area contributed by atoms with Gasteiger partial charge in [-0.15, -0.1) is 0 Å². The average Bonchev–Trinajstić information content (AvgIpc) is 2.70. The average molecular weight is 196 g/mol. The maximum atomic E-state index is 2.48. The Morgan fingerprint density at radius 1 is 1.21 bits per heavy atom. The Bertz CT molecular complexity index is 184. The van der Waals surface area contributed by atoms with E-state index in [4.69, 9.17) is 0 Å². The molecular weight excluding hydrogens is 168 g/mol. The van der Waals surface area contributed by atoms with Crippen LogP contribution in [0.25, 0.3) is 0 Å². The van der Waals surface area contributed by atoms with Gasteiger partial charge in [-0.3, -0.25) is 0 Å². The highest BCUT2D eigenvalue weighted by Gasteiger charge is 2.58. The van der Waals surface area contributed by atoms with E-state index in [1.807, 2.05) is 0 Å². The third-order valence-corrected chi connectivity index (χ3v) is 5.20. The number of rotatable bonds is 5. The maximum Gasteiger partial charge on any atom is -0.0266 e. The van der Waals surface area contributed by atoms with Crippen molar-refractivity contribution in [3.05, 3.63) is 0 Å². The summed E-state index contributed by atoms with van der Waals surface area (Å²) in [6.07, 6.45) is 4.11. The molecule has 5 atom stereocenters. The molecule has 0 aromatic rings. The molecule has 0 heteroatoms. The van der Waals surface area contributed by atoms with Crippen LogP contribution in [0.3, 0.4) is 0 Å². The summed E-state index contributed by atoms with van der Waals surface area (Å²) < 4.78 is 0. The van der Waals surface area contributed by atoms with Crippen molar-refractivity contribution >= 4 is 0 Å². The molecule has 1 fully saturated rings. The van der Waals surface area contributed by atoms with Crippen LogP contribution in [-0.2, 0) is 0 Å². The van der Waals surface area contributed by atoms with Crippen LogP contribution in [0.15, 0.2) is 0 Å². The molecule has 0 aromatic heterocycles. The zero-order chi connectivity index (χ0) is 10.9. The molecule has 0 nitrogen and oxygen atoms in total. The molecule has 5 unspecified atom stereocenters. The van der Waals surface area contributed by atoms with Crippen LogP contribution in [0.5, 0.6) is 0 Å². The fourth-order valence-corrected chi connectivity index (χ4v) is 3.52. The standard InChI is InChI=1S/C14H28/c1-7-9-10(3)11(4)13-12(5)14(13,6)8-2/h10-13H,7-9H2,1-6H3. The minimum Gasteiger partial charge on any atom is -0.0654 e. The molecule has 14 heavy (non-hydrogen) atoms. The largest absolute Gasteiger partial charge is 0.0654 e. The Morgan fingerprint density at radius 2 is 1.79 bits per heavy atom. The summed E-state index contributed by atoms with van der Waals surface area (Å²) >= 11 is 0. The van der Waals surface area contributed by atoms with E-state index >= 15 is 0 Å². The summed E-state index contributed by atoms with van der Waals surface area (Å²) in [4.78, 5) is 0. The van der Waals surface area contributed by atoms with Crippen LogP contribution in [0.4, 0.5) is 0 Å². The van der Waals surface area contributed by atoms with Crippen molar-refractivity contribution < 1.29 is 0 Å². The molecule has 0 amide bonds. The van der Waals surface area contributed by atoms with Crippen molar-refractivity contribution in [3.8, 4) is 0 Å². The quantitative estimate of drug-likeness (QED) is 0.595. The molecule has 0 radical (unpaired) electrons. The van der Waals surface area contributed by atoms with E-state index in [9.17, 15) is 0 Å². The van der Waals surface area contributed by atoms with E-state index in [1.54, 1.807) is 0 Å². The maximum absolute atomic E-state index is 2.48. The first kappa shape index (κ1) is 12.1. The van der Waals surface area contributed by atoms with Gasteiger partial charge in [0.1, 0.15) is 0 Å². The van der Waals surface area contributed by atoms with Crippen molar-refractivity contribution in [2.75, 3.05) is 0 Å². The van der Waals surface area contributed by atoms with Gasteiger partial charge in [-0.05, 0) is 29.1 Å². The van der Waals surface area contributed by atoms with Gasteiger partial charge in [-0.2, -0.15) is 0 Å². The van der Waals surface area contributed by atoms with Crippen molar-refractivity contribution in [2.24, 2.45) is 29.1 Å². The van der Waals surface area contributed by atoms with E-state index in [1.165, 1.54) is 19.3 Å². The monoisotopic (exact) mass is 196 g/mol. The second-order valence-electron chi connectivity index (χ2n) is 5.80. The molecule has 0 spiro atoms. The van der Waals surface area contributed by atoms with Crippen LogP contribution >= 0.6 is 0 Å². The fraction of sp³-hybridized carbons (Fsp3) is 1.00. The minimum absolute atomic E-state index is 0.668. The predicted octanol–water partition coefficient (Wildman–Crippen LogP) is 4.74. The van der Waals surface area contributed by atoms with Gasteiger partial charge in [0.15, 0.2) is 0 Å². The fourth-order valence-electron chi connectivity index (χ4n) is 3.52. The Hall–Kier alpha value is 0. The topological polar surface area (TPSA) is 0 Å². The van der Waals surface area contributed by atoms with Crippen molar-refractivity contribution in [2.45, 2.75) is 60.8 Å². The molecule has 1 saturated carbocycles. The third kappa shape index (κ3) is 1.85. The first-order valence-corrected chi connectivity index (χ1v) is 6.49. The minimum atomic E-state index is 0.668. The lowest BCUT2D eigenvalue weighted by atomic mass is 9.84. The van der Waals surface area contributed by atoms with Gasteiger partial charge in [0.05, 0.1) is 0 Å². The molecule has 0 aliphatic heterocycles. The molecule has 0 saturated heterocycles. The van der Waals surface area contributed by atoms with Crippen LogP contribution in [0.2, 0.25) is 0 Å². The first-order chi connectivity index (χ1) is 6.49. The van der Waals surface area contributed by atoms with Gasteiger partial charge < -0.3 is 0 Å². The Kier molecular flexibility index (Phi) is 3.66. The SMILES string of the molecule is CCCC(C)C(C)C1C(C)C1(C)CC. The number of hydrogen-bond donors (Lipinski definition) is 0. The molecule has 0 bridgehead atoms. The molecule has 1 aliphatic carbocycles. The van der Waals surface area contributed by atoms with Gasteiger partial charge in [0, 0.05) is 0 Å². The summed E-state index contributed by atoms with van der Waals surface area (Å²) in [6.45, 7) is 14.5. The molecule has 0 aromatic carbocycles. The lowest BCUT2D eigenvalue weighted by molar-refractivity contribution is 0.281. The van der Waals surface area contributed by atoms with Gasteiger partial charge in [-0.25, -0.2) is 0 Å². The highest BCUT2D eigenvalue weighted by Crippen LogP contribution is 2.64. The molecule has 84 valence electrons. The smallest absolute Gasteiger partial charge is 0.0266 e. The van der Waals surface area contributed by atoms with Crippen LogP contribution in [-0.4, -0.2) is 0 Å². The van der Waals surface area contributed by atoms with Gasteiger partial charge in [0.2, 0.25) is 0 Å². The van der Waals surface area contributed by atoms with E-state index in [0.29, 0.717) is 5.41 Å². The van der Waals surface area contributed by atoms with Crippen LogP contribution < -0.4 is 0 Å². The summed E-state index contributed by atoms with van der Waals surface area (Å²) in [6, 6.07) is 0. The normalized spacial score (nSPS) is 40.7. The zero-order valence-corrected chi connectivity index (χ0v) is 10.9.